The molecule has 1 aliphatic rings. The maximum absolute atomic E-state index is 13.8. The highest BCUT2D eigenvalue weighted by molar-refractivity contribution is 5.98. The van der Waals surface area contributed by atoms with Crippen molar-refractivity contribution in [2.24, 2.45) is 14.1 Å². The van der Waals surface area contributed by atoms with Crippen LogP contribution in [0.25, 0.3) is 27.8 Å². The van der Waals surface area contributed by atoms with Crippen molar-refractivity contribution in [1.29, 1.82) is 0 Å². The molecule has 0 saturated carbocycles. The van der Waals surface area contributed by atoms with E-state index in [0.29, 0.717) is 33.6 Å². The molecule has 6 nitrogen and oxygen atoms in total. The first kappa shape index (κ1) is 21.2. The van der Waals surface area contributed by atoms with E-state index in [0.717, 1.165) is 21.4 Å². The summed E-state index contributed by atoms with van der Waals surface area (Å²) in [6, 6.07) is 21.6. The van der Waals surface area contributed by atoms with Gasteiger partial charge in [0, 0.05) is 19.7 Å². The number of para-hydroxylation sites is 2. The summed E-state index contributed by atoms with van der Waals surface area (Å²) in [6.07, 6.45) is -0.663. The zero-order valence-corrected chi connectivity index (χ0v) is 19.4. The van der Waals surface area contributed by atoms with Gasteiger partial charge < -0.3 is 9.30 Å². The van der Waals surface area contributed by atoms with E-state index >= 15 is 0 Å². The molecule has 7 heteroatoms. The Hall–Kier alpha value is -4.39. The molecule has 0 aliphatic carbocycles. The molecule has 0 spiro atoms. The van der Waals surface area contributed by atoms with E-state index in [2.05, 4.69) is 0 Å². The second-order valence-electron chi connectivity index (χ2n) is 8.83. The van der Waals surface area contributed by atoms with Gasteiger partial charge in [0.05, 0.1) is 28.0 Å². The van der Waals surface area contributed by atoms with E-state index in [1.165, 1.54) is 23.7 Å². The molecule has 2 aromatic heterocycles. The molecule has 0 amide bonds. The van der Waals surface area contributed by atoms with Gasteiger partial charge in [-0.1, -0.05) is 48.5 Å². The molecule has 0 fully saturated rings. The molecule has 3 heterocycles. The second-order valence-corrected chi connectivity index (χ2v) is 8.83. The van der Waals surface area contributed by atoms with Crippen molar-refractivity contribution in [3.63, 3.8) is 0 Å². The third-order valence-electron chi connectivity index (χ3n) is 6.78. The number of benzene rings is 3. The van der Waals surface area contributed by atoms with Crippen LogP contribution in [-0.4, -0.2) is 13.7 Å². The van der Waals surface area contributed by atoms with E-state index in [1.54, 1.807) is 19.2 Å². The summed E-state index contributed by atoms with van der Waals surface area (Å²) in [7, 11) is 3.15. The molecular weight excluding hydrogens is 445 g/mol. The highest BCUT2D eigenvalue weighted by atomic mass is 19.1. The summed E-state index contributed by atoms with van der Waals surface area (Å²) in [4.78, 5) is 26.7. The van der Waals surface area contributed by atoms with E-state index in [-0.39, 0.29) is 11.4 Å². The van der Waals surface area contributed by atoms with Crippen LogP contribution in [0.2, 0.25) is 0 Å². The van der Waals surface area contributed by atoms with Gasteiger partial charge in [-0.05, 0) is 42.3 Å². The predicted molar refractivity (Wildman–Crippen MR) is 133 cm³/mol. The van der Waals surface area contributed by atoms with Crippen LogP contribution in [0, 0.1) is 12.7 Å². The van der Waals surface area contributed by atoms with Crippen molar-refractivity contribution in [3.8, 4) is 22.7 Å². The zero-order valence-electron chi connectivity index (χ0n) is 19.4. The third-order valence-corrected chi connectivity index (χ3v) is 6.78. The number of hydrogen-bond acceptors (Lipinski definition) is 3. The first-order chi connectivity index (χ1) is 16.9. The first-order valence-corrected chi connectivity index (χ1v) is 11.3. The lowest BCUT2D eigenvalue weighted by Crippen LogP contribution is -2.37. The Labute approximate surface area is 200 Å². The topological polar surface area (TPSA) is 58.2 Å². The van der Waals surface area contributed by atoms with Gasteiger partial charge in [0.25, 0.3) is 5.56 Å². The number of halogens is 1. The van der Waals surface area contributed by atoms with Crippen molar-refractivity contribution in [2.45, 2.75) is 13.0 Å². The average molecular weight is 468 g/mol. The van der Waals surface area contributed by atoms with Gasteiger partial charge in [-0.25, -0.2) is 9.18 Å². The summed E-state index contributed by atoms with van der Waals surface area (Å²) in [5.74, 6) is 0.276. The van der Waals surface area contributed by atoms with Crippen LogP contribution < -0.4 is 16.0 Å². The van der Waals surface area contributed by atoms with Crippen LogP contribution in [0.15, 0.2) is 82.4 Å². The Morgan fingerprint density at radius 1 is 0.857 bits per heavy atom. The van der Waals surface area contributed by atoms with Gasteiger partial charge in [0.1, 0.15) is 11.6 Å². The van der Waals surface area contributed by atoms with Crippen molar-refractivity contribution in [3.05, 3.63) is 116 Å². The molecule has 5 aromatic rings. The number of rotatable bonds is 2. The lowest BCUT2D eigenvalue weighted by Gasteiger charge is -2.30. The van der Waals surface area contributed by atoms with Crippen LogP contribution in [0.4, 0.5) is 4.39 Å². The Balaban J connectivity index is 1.88. The van der Waals surface area contributed by atoms with Gasteiger partial charge in [-0.15, -0.1) is 0 Å². The minimum Gasteiger partial charge on any atom is -0.477 e. The Morgan fingerprint density at radius 3 is 2.29 bits per heavy atom. The fourth-order valence-corrected chi connectivity index (χ4v) is 5.07. The van der Waals surface area contributed by atoms with Gasteiger partial charge in [-0.3, -0.25) is 13.9 Å². The molecule has 0 saturated heterocycles. The molecule has 0 bridgehead atoms. The molecule has 0 unspecified atom stereocenters. The second kappa shape index (κ2) is 7.56. The predicted octanol–water partition coefficient (Wildman–Crippen LogP) is 4.62. The fraction of sp³-hybridized carbons (Fsp3) is 0.143. The maximum Gasteiger partial charge on any atom is 0.331 e. The minimum absolute atomic E-state index is 0.355. The Morgan fingerprint density at radius 2 is 1.54 bits per heavy atom. The number of nitrogens with zero attached hydrogens (tertiary/aromatic N) is 3. The van der Waals surface area contributed by atoms with Crippen molar-refractivity contribution >= 4 is 10.9 Å². The molecule has 35 heavy (non-hydrogen) atoms. The van der Waals surface area contributed by atoms with Gasteiger partial charge in [0.2, 0.25) is 0 Å². The van der Waals surface area contributed by atoms with Crippen molar-refractivity contribution < 1.29 is 9.13 Å². The van der Waals surface area contributed by atoms with Crippen LogP contribution >= 0.6 is 0 Å². The monoisotopic (exact) mass is 467 g/mol. The lowest BCUT2D eigenvalue weighted by molar-refractivity contribution is 0.229. The highest BCUT2D eigenvalue weighted by Crippen LogP contribution is 2.46. The summed E-state index contributed by atoms with van der Waals surface area (Å²) < 4.78 is 24.9. The fourth-order valence-electron chi connectivity index (χ4n) is 5.07. The summed E-state index contributed by atoms with van der Waals surface area (Å²) in [5.41, 5.74) is 4.41. The van der Waals surface area contributed by atoms with E-state index in [9.17, 15) is 14.0 Å². The molecular formula is C28H22FN3O3. The lowest BCUT2D eigenvalue weighted by atomic mass is 10.0. The molecule has 0 N–H and O–H groups in total. The molecule has 0 radical (unpaired) electrons. The van der Waals surface area contributed by atoms with E-state index in [1.807, 2.05) is 60.0 Å². The number of hydrogen-bond donors (Lipinski definition) is 0. The number of aryl methyl sites for hydroxylation is 2. The van der Waals surface area contributed by atoms with Crippen LogP contribution in [0.3, 0.4) is 0 Å². The standard InChI is InChI=1S/C28H22FN3O3/c1-16-8-4-5-9-19(16)23-22-24(30(2)28(34)31(3)27(22)33)25-26(17-12-14-18(29)15-13-17)35-21-11-7-6-10-20(21)32(23)25/h4-15,26H,1-3H3/t26-/m1/s1. The van der Waals surface area contributed by atoms with Crippen LogP contribution in [0.1, 0.15) is 22.9 Å². The molecule has 6 rings (SSSR count). The summed E-state index contributed by atoms with van der Waals surface area (Å²) >= 11 is 0. The number of fused-ring (bicyclic) bond motifs is 5. The molecule has 174 valence electrons. The Bertz CT molecular complexity index is 1760. The molecule has 1 aliphatic heterocycles. The minimum atomic E-state index is -0.663. The van der Waals surface area contributed by atoms with Crippen molar-refractivity contribution in [1.82, 2.24) is 13.7 Å². The van der Waals surface area contributed by atoms with Gasteiger partial charge in [0.15, 0.2) is 6.10 Å². The van der Waals surface area contributed by atoms with Crippen LogP contribution in [-0.2, 0) is 14.1 Å². The largest absolute Gasteiger partial charge is 0.477 e. The summed E-state index contributed by atoms with van der Waals surface area (Å²) in [5, 5.41) is 0.436. The van der Waals surface area contributed by atoms with E-state index in [4.69, 9.17) is 4.74 Å². The smallest absolute Gasteiger partial charge is 0.331 e. The first-order valence-electron chi connectivity index (χ1n) is 11.3. The normalized spacial score (nSPS) is 14.5. The maximum atomic E-state index is 13.8. The highest BCUT2D eigenvalue weighted by Gasteiger charge is 2.36. The third kappa shape index (κ3) is 2.94. The number of ether oxygens (including phenoxy) is 1. The quantitative estimate of drug-likeness (QED) is 0.381. The molecule has 3 aromatic carbocycles. The zero-order chi connectivity index (χ0) is 24.4. The van der Waals surface area contributed by atoms with Crippen LogP contribution in [0.5, 0.6) is 5.75 Å². The number of aromatic nitrogens is 3. The van der Waals surface area contributed by atoms with Gasteiger partial charge >= 0.3 is 5.69 Å². The molecule has 1 atom stereocenters. The summed E-state index contributed by atoms with van der Waals surface area (Å²) in [6.45, 7) is 2.00. The SMILES string of the molecule is Cc1ccccc1-c1c2c(=O)n(C)c(=O)n(C)c2c2n1-c1ccccc1O[C@@H]2c1ccc(F)cc1. The van der Waals surface area contributed by atoms with Crippen molar-refractivity contribution in [2.75, 3.05) is 0 Å². The Kier molecular flexibility index (Phi) is 4.57. The van der Waals surface area contributed by atoms with E-state index < -0.39 is 11.8 Å². The average Bonchev–Trinajstić information content (AvgIpc) is 3.23. The van der Waals surface area contributed by atoms with Gasteiger partial charge in [-0.2, -0.15) is 0 Å².